The zero-order chi connectivity index (χ0) is 20.7. The average molecular weight is 380 g/mol. The van der Waals surface area contributed by atoms with Crippen molar-refractivity contribution in [3.63, 3.8) is 0 Å². The lowest BCUT2D eigenvalue weighted by Gasteiger charge is -2.35. The molecule has 0 radical (unpaired) electrons. The Morgan fingerprint density at radius 3 is 2.32 bits per heavy atom. The number of rotatable bonds is 2. The molecule has 148 valence electrons. The standard InChI is InChI=1S/C23H28N2O3/c1-15-17(12-13-19-18(15)14-23(5,6)28-19)20(26)24-25(22(2,3)4)21(27)16-10-8-7-9-11-16/h7-13H,14H2,1-6H3,(H,24,26). The van der Waals surface area contributed by atoms with Crippen LogP contribution in [0.3, 0.4) is 0 Å². The number of carbonyl (C=O) groups excluding carboxylic acids is 2. The van der Waals surface area contributed by atoms with Crippen molar-refractivity contribution >= 4 is 11.8 Å². The summed E-state index contributed by atoms with van der Waals surface area (Å²) in [5.41, 5.74) is 4.99. The van der Waals surface area contributed by atoms with Gasteiger partial charge in [0.25, 0.3) is 11.8 Å². The van der Waals surface area contributed by atoms with E-state index in [-0.39, 0.29) is 17.4 Å². The second-order valence-electron chi connectivity index (χ2n) is 8.87. The average Bonchev–Trinajstić information content (AvgIpc) is 2.94. The molecule has 1 aliphatic heterocycles. The fraction of sp³-hybridized carbons (Fsp3) is 0.391. The van der Waals surface area contributed by atoms with Gasteiger partial charge in [-0.05, 0) is 71.4 Å². The van der Waals surface area contributed by atoms with Gasteiger partial charge >= 0.3 is 0 Å². The summed E-state index contributed by atoms with van der Waals surface area (Å²) in [5.74, 6) is 0.279. The van der Waals surface area contributed by atoms with Crippen molar-refractivity contribution in [1.82, 2.24) is 10.4 Å². The highest BCUT2D eigenvalue weighted by Gasteiger charge is 2.34. The van der Waals surface area contributed by atoms with Crippen molar-refractivity contribution < 1.29 is 14.3 Å². The van der Waals surface area contributed by atoms with E-state index < -0.39 is 5.54 Å². The van der Waals surface area contributed by atoms with Crippen LogP contribution in [-0.2, 0) is 6.42 Å². The fourth-order valence-corrected chi connectivity index (χ4v) is 3.45. The van der Waals surface area contributed by atoms with Crippen LogP contribution in [0.15, 0.2) is 42.5 Å². The van der Waals surface area contributed by atoms with Crippen LogP contribution in [0.5, 0.6) is 5.75 Å². The van der Waals surface area contributed by atoms with Gasteiger partial charge in [-0.25, -0.2) is 5.01 Å². The Kier molecular flexibility index (Phi) is 4.96. The van der Waals surface area contributed by atoms with Crippen molar-refractivity contribution in [2.75, 3.05) is 0 Å². The molecule has 0 fully saturated rings. The van der Waals surface area contributed by atoms with Crippen molar-refractivity contribution in [2.45, 2.75) is 59.1 Å². The number of nitrogens with one attached hydrogen (secondary N) is 1. The summed E-state index contributed by atoms with van der Waals surface area (Å²) < 4.78 is 5.95. The number of carbonyl (C=O) groups is 2. The molecular weight excluding hydrogens is 352 g/mol. The van der Waals surface area contributed by atoms with Gasteiger partial charge in [-0.1, -0.05) is 18.2 Å². The zero-order valence-corrected chi connectivity index (χ0v) is 17.4. The van der Waals surface area contributed by atoms with E-state index in [0.29, 0.717) is 11.1 Å². The summed E-state index contributed by atoms with van der Waals surface area (Å²) in [7, 11) is 0. The first kappa shape index (κ1) is 19.9. The Labute approximate surface area is 166 Å². The minimum atomic E-state index is -0.585. The number of fused-ring (bicyclic) bond motifs is 1. The maximum Gasteiger partial charge on any atom is 0.272 e. The van der Waals surface area contributed by atoms with Crippen LogP contribution < -0.4 is 10.2 Å². The van der Waals surface area contributed by atoms with Crippen LogP contribution in [-0.4, -0.2) is 28.0 Å². The number of hydrogen-bond acceptors (Lipinski definition) is 3. The zero-order valence-electron chi connectivity index (χ0n) is 17.4. The molecule has 0 aromatic heterocycles. The van der Waals surface area contributed by atoms with E-state index in [1.54, 1.807) is 18.2 Å². The lowest BCUT2D eigenvalue weighted by Crippen LogP contribution is -2.56. The number of hydrogen-bond donors (Lipinski definition) is 1. The minimum absolute atomic E-state index is 0.246. The summed E-state index contributed by atoms with van der Waals surface area (Å²) in [6.45, 7) is 11.7. The first-order chi connectivity index (χ1) is 13.0. The fourth-order valence-electron chi connectivity index (χ4n) is 3.45. The van der Waals surface area contributed by atoms with Crippen molar-refractivity contribution in [1.29, 1.82) is 0 Å². The van der Waals surface area contributed by atoms with E-state index in [0.717, 1.165) is 23.3 Å². The third kappa shape index (κ3) is 3.88. The van der Waals surface area contributed by atoms with Gasteiger partial charge in [-0.2, -0.15) is 0 Å². The van der Waals surface area contributed by atoms with Gasteiger partial charge in [0.1, 0.15) is 11.4 Å². The molecule has 0 spiro atoms. The molecule has 0 bridgehead atoms. The third-order valence-corrected chi connectivity index (χ3v) is 4.90. The van der Waals surface area contributed by atoms with Crippen LogP contribution in [0.2, 0.25) is 0 Å². The van der Waals surface area contributed by atoms with E-state index >= 15 is 0 Å². The molecule has 2 aromatic rings. The van der Waals surface area contributed by atoms with E-state index in [2.05, 4.69) is 5.43 Å². The molecule has 0 atom stereocenters. The lowest BCUT2D eigenvalue weighted by molar-refractivity contribution is 0.0358. The van der Waals surface area contributed by atoms with Gasteiger partial charge in [0, 0.05) is 23.1 Å². The molecule has 5 heteroatoms. The van der Waals surface area contributed by atoms with Gasteiger partial charge in [0.2, 0.25) is 0 Å². The summed E-state index contributed by atoms with van der Waals surface area (Å²) in [6.07, 6.45) is 0.751. The molecule has 0 aliphatic carbocycles. The topological polar surface area (TPSA) is 58.6 Å². The number of ether oxygens (including phenoxy) is 1. The minimum Gasteiger partial charge on any atom is -0.487 e. The maximum absolute atomic E-state index is 13.1. The van der Waals surface area contributed by atoms with Gasteiger partial charge in [-0.15, -0.1) is 0 Å². The largest absolute Gasteiger partial charge is 0.487 e. The van der Waals surface area contributed by atoms with Gasteiger partial charge in [-0.3, -0.25) is 15.0 Å². The van der Waals surface area contributed by atoms with Crippen molar-refractivity contribution in [3.8, 4) is 5.75 Å². The molecule has 3 rings (SSSR count). The predicted molar refractivity (Wildman–Crippen MR) is 109 cm³/mol. The molecule has 0 saturated carbocycles. The van der Waals surface area contributed by atoms with E-state index in [1.165, 1.54) is 5.01 Å². The molecule has 28 heavy (non-hydrogen) atoms. The molecule has 0 saturated heterocycles. The van der Waals surface area contributed by atoms with Gasteiger partial charge in [0.15, 0.2) is 0 Å². The summed E-state index contributed by atoms with van der Waals surface area (Å²) in [4.78, 5) is 26.1. The van der Waals surface area contributed by atoms with Gasteiger partial charge in [0.05, 0.1) is 5.54 Å². The van der Waals surface area contributed by atoms with Crippen LogP contribution in [0.1, 0.15) is 66.5 Å². The molecule has 0 unspecified atom stereocenters. The molecule has 1 aliphatic rings. The highest BCUT2D eigenvalue weighted by molar-refractivity contribution is 6.00. The van der Waals surface area contributed by atoms with E-state index in [1.807, 2.05) is 65.8 Å². The number of hydrazine groups is 1. The van der Waals surface area contributed by atoms with E-state index in [4.69, 9.17) is 4.74 Å². The smallest absolute Gasteiger partial charge is 0.272 e. The molecular formula is C23H28N2O3. The Morgan fingerprint density at radius 2 is 1.71 bits per heavy atom. The monoisotopic (exact) mass is 380 g/mol. The maximum atomic E-state index is 13.1. The molecule has 1 heterocycles. The molecule has 5 nitrogen and oxygen atoms in total. The lowest BCUT2D eigenvalue weighted by atomic mass is 9.95. The SMILES string of the molecule is Cc1c(C(=O)NN(C(=O)c2ccccc2)C(C)(C)C)ccc2c1CC(C)(C)O2. The Bertz CT molecular complexity index is 911. The van der Waals surface area contributed by atoms with E-state index in [9.17, 15) is 9.59 Å². The van der Waals surface area contributed by atoms with Crippen LogP contribution in [0, 0.1) is 6.92 Å². The molecule has 1 N–H and O–H groups in total. The Morgan fingerprint density at radius 1 is 1.07 bits per heavy atom. The Balaban J connectivity index is 1.89. The number of benzene rings is 2. The van der Waals surface area contributed by atoms with Crippen molar-refractivity contribution in [2.24, 2.45) is 0 Å². The summed E-state index contributed by atoms with van der Waals surface area (Å²) in [5, 5.41) is 1.40. The van der Waals surface area contributed by atoms with Gasteiger partial charge < -0.3 is 4.74 Å². The summed E-state index contributed by atoms with van der Waals surface area (Å²) in [6, 6.07) is 12.6. The summed E-state index contributed by atoms with van der Waals surface area (Å²) >= 11 is 0. The molecule has 2 amide bonds. The predicted octanol–water partition coefficient (Wildman–Crippen LogP) is 4.29. The first-order valence-corrected chi connectivity index (χ1v) is 9.52. The van der Waals surface area contributed by atoms with Crippen LogP contribution in [0.4, 0.5) is 0 Å². The quantitative estimate of drug-likeness (QED) is 0.791. The number of amides is 2. The van der Waals surface area contributed by atoms with Crippen molar-refractivity contribution in [3.05, 3.63) is 64.7 Å². The van der Waals surface area contributed by atoms with Crippen LogP contribution in [0.25, 0.3) is 0 Å². The first-order valence-electron chi connectivity index (χ1n) is 9.52. The second kappa shape index (κ2) is 6.97. The third-order valence-electron chi connectivity index (χ3n) is 4.90. The number of nitrogens with zero attached hydrogens (tertiary/aromatic N) is 1. The normalized spacial score (nSPS) is 14.8. The van der Waals surface area contributed by atoms with Crippen LogP contribution >= 0.6 is 0 Å². The highest BCUT2D eigenvalue weighted by atomic mass is 16.5. The molecule has 2 aromatic carbocycles. The Hall–Kier alpha value is -2.82. The second-order valence-corrected chi connectivity index (χ2v) is 8.87. The highest BCUT2D eigenvalue weighted by Crippen LogP contribution is 2.38.